The smallest absolute Gasteiger partial charge is 0.121 e. The fourth-order valence-corrected chi connectivity index (χ4v) is 1.72. The van der Waals surface area contributed by atoms with Gasteiger partial charge in [0.25, 0.3) is 0 Å². The van der Waals surface area contributed by atoms with Crippen molar-refractivity contribution in [1.29, 1.82) is 0 Å². The molecule has 4 nitrogen and oxygen atoms in total. The zero-order valence-electron chi connectivity index (χ0n) is 11.7. The van der Waals surface area contributed by atoms with E-state index in [0.29, 0.717) is 13.2 Å². The van der Waals surface area contributed by atoms with Crippen LogP contribution in [-0.4, -0.2) is 13.2 Å². The van der Waals surface area contributed by atoms with Gasteiger partial charge in [-0.3, -0.25) is 0 Å². The first-order chi connectivity index (χ1) is 9.81. The Hall–Kier alpha value is -2.36. The van der Waals surface area contributed by atoms with Crippen LogP contribution in [0.5, 0.6) is 11.5 Å². The van der Waals surface area contributed by atoms with Crippen molar-refractivity contribution in [3.05, 3.63) is 48.5 Å². The average molecular weight is 270 g/mol. The van der Waals surface area contributed by atoms with Crippen LogP contribution in [0.2, 0.25) is 0 Å². The molecule has 0 heterocycles. The molecule has 2 aromatic rings. The first-order valence-electron chi connectivity index (χ1n) is 6.69. The van der Waals surface area contributed by atoms with Crippen LogP contribution in [0.4, 0.5) is 11.4 Å². The van der Waals surface area contributed by atoms with Crippen molar-refractivity contribution in [1.82, 2.24) is 0 Å². The van der Waals surface area contributed by atoms with Crippen LogP contribution in [0.3, 0.4) is 0 Å². The lowest BCUT2D eigenvalue weighted by atomic mass is 10.3. The minimum Gasteiger partial charge on any atom is -0.494 e. The molecule has 0 fully saturated rings. The highest BCUT2D eigenvalue weighted by Gasteiger charge is 1.97. The zero-order chi connectivity index (χ0) is 14.2. The van der Waals surface area contributed by atoms with E-state index in [1.54, 1.807) is 0 Å². The fourth-order valence-electron chi connectivity index (χ4n) is 1.72. The van der Waals surface area contributed by atoms with Gasteiger partial charge in [0.2, 0.25) is 0 Å². The summed E-state index contributed by atoms with van der Waals surface area (Å²) in [5, 5.41) is 8.42. The van der Waals surface area contributed by atoms with E-state index in [1.807, 2.05) is 62.4 Å². The second-order valence-electron chi connectivity index (χ2n) is 4.06. The van der Waals surface area contributed by atoms with Gasteiger partial charge in [-0.1, -0.05) is 12.1 Å². The van der Waals surface area contributed by atoms with Crippen molar-refractivity contribution in [3.63, 3.8) is 0 Å². The number of rotatable bonds is 6. The number of benzene rings is 2. The summed E-state index contributed by atoms with van der Waals surface area (Å²) in [5.74, 6) is 1.60. The molecule has 20 heavy (non-hydrogen) atoms. The Balaban J connectivity index is 2.12. The summed E-state index contributed by atoms with van der Waals surface area (Å²) in [7, 11) is 0. The Labute approximate surface area is 119 Å². The number of hydrogen-bond acceptors (Lipinski definition) is 4. The van der Waals surface area contributed by atoms with Crippen molar-refractivity contribution < 1.29 is 9.47 Å². The Bertz CT molecular complexity index is 531. The quantitative estimate of drug-likeness (QED) is 0.701. The van der Waals surface area contributed by atoms with Crippen LogP contribution in [0.15, 0.2) is 58.8 Å². The summed E-state index contributed by atoms with van der Waals surface area (Å²) in [5.41, 5.74) is 1.52. The van der Waals surface area contributed by atoms with E-state index >= 15 is 0 Å². The fraction of sp³-hybridized carbons (Fsp3) is 0.250. The second-order valence-corrected chi connectivity index (χ2v) is 4.06. The van der Waals surface area contributed by atoms with Gasteiger partial charge in [-0.25, -0.2) is 0 Å². The molecule has 0 unspecified atom stereocenters. The molecule has 0 N–H and O–H groups in total. The SMILES string of the molecule is CCOc1cccc(N=Nc2cccc(OCC)c2)c1. The van der Waals surface area contributed by atoms with Crippen LogP contribution >= 0.6 is 0 Å². The maximum absolute atomic E-state index is 5.43. The second kappa shape index (κ2) is 7.28. The van der Waals surface area contributed by atoms with E-state index < -0.39 is 0 Å². The molecule has 2 aromatic carbocycles. The van der Waals surface area contributed by atoms with E-state index in [1.165, 1.54) is 0 Å². The molecule has 104 valence electrons. The number of ether oxygens (including phenoxy) is 2. The van der Waals surface area contributed by atoms with Gasteiger partial charge < -0.3 is 9.47 Å². The predicted octanol–water partition coefficient (Wildman–Crippen LogP) is 4.90. The van der Waals surface area contributed by atoms with Gasteiger partial charge in [0.05, 0.1) is 24.6 Å². The Morgan fingerprint density at radius 3 is 1.60 bits per heavy atom. The standard InChI is InChI=1S/C16H18N2O2/c1-3-19-15-9-5-7-13(11-15)17-18-14-8-6-10-16(12-14)20-4-2/h5-12H,3-4H2,1-2H3. The van der Waals surface area contributed by atoms with Gasteiger partial charge >= 0.3 is 0 Å². The summed E-state index contributed by atoms with van der Waals surface area (Å²) in [6.45, 7) is 5.18. The summed E-state index contributed by atoms with van der Waals surface area (Å²) in [6.07, 6.45) is 0. The molecular formula is C16H18N2O2. The predicted molar refractivity (Wildman–Crippen MR) is 79.4 cm³/mol. The highest BCUT2D eigenvalue weighted by Crippen LogP contribution is 2.24. The third kappa shape index (κ3) is 4.09. The van der Waals surface area contributed by atoms with Crippen LogP contribution in [0, 0.1) is 0 Å². The summed E-state index contributed by atoms with van der Waals surface area (Å²) >= 11 is 0. The molecule has 0 aromatic heterocycles. The highest BCUT2D eigenvalue weighted by atomic mass is 16.5. The molecule has 0 saturated heterocycles. The molecule has 0 amide bonds. The third-order valence-electron chi connectivity index (χ3n) is 2.54. The van der Waals surface area contributed by atoms with Crippen LogP contribution in [-0.2, 0) is 0 Å². The number of azo groups is 1. The first-order valence-corrected chi connectivity index (χ1v) is 6.69. The van der Waals surface area contributed by atoms with Crippen molar-refractivity contribution in [2.24, 2.45) is 10.2 Å². The van der Waals surface area contributed by atoms with Crippen molar-refractivity contribution in [2.45, 2.75) is 13.8 Å². The Kier molecular flexibility index (Phi) is 5.12. The van der Waals surface area contributed by atoms with E-state index in [-0.39, 0.29) is 0 Å². The van der Waals surface area contributed by atoms with Gasteiger partial charge in [0.15, 0.2) is 0 Å². The van der Waals surface area contributed by atoms with Gasteiger partial charge in [0.1, 0.15) is 11.5 Å². The third-order valence-corrected chi connectivity index (χ3v) is 2.54. The van der Waals surface area contributed by atoms with Crippen molar-refractivity contribution in [3.8, 4) is 11.5 Å². The van der Waals surface area contributed by atoms with Gasteiger partial charge in [-0.05, 0) is 38.1 Å². The topological polar surface area (TPSA) is 43.2 Å². The van der Waals surface area contributed by atoms with Crippen molar-refractivity contribution >= 4 is 11.4 Å². The van der Waals surface area contributed by atoms with E-state index in [0.717, 1.165) is 22.9 Å². The zero-order valence-corrected chi connectivity index (χ0v) is 11.7. The van der Waals surface area contributed by atoms with Crippen LogP contribution < -0.4 is 9.47 Å². The van der Waals surface area contributed by atoms with Gasteiger partial charge in [0, 0.05) is 12.1 Å². The lowest BCUT2D eigenvalue weighted by Gasteiger charge is -2.03. The molecule has 0 atom stereocenters. The summed E-state index contributed by atoms with van der Waals surface area (Å²) in [4.78, 5) is 0. The van der Waals surface area contributed by atoms with Crippen molar-refractivity contribution in [2.75, 3.05) is 13.2 Å². The molecule has 0 aliphatic rings. The van der Waals surface area contributed by atoms with Crippen LogP contribution in [0.1, 0.15) is 13.8 Å². The van der Waals surface area contributed by atoms with E-state index in [2.05, 4.69) is 10.2 Å². The molecule has 0 spiro atoms. The minimum atomic E-state index is 0.636. The molecule has 0 radical (unpaired) electrons. The first kappa shape index (κ1) is 14.1. The molecule has 0 aliphatic heterocycles. The summed E-state index contributed by atoms with van der Waals surface area (Å²) < 4.78 is 10.9. The van der Waals surface area contributed by atoms with Gasteiger partial charge in [-0.2, -0.15) is 10.2 Å². The van der Waals surface area contributed by atoms with Crippen LogP contribution in [0.25, 0.3) is 0 Å². The lowest BCUT2D eigenvalue weighted by Crippen LogP contribution is -1.90. The monoisotopic (exact) mass is 270 g/mol. The molecular weight excluding hydrogens is 252 g/mol. The molecule has 0 aliphatic carbocycles. The average Bonchev–Trinajstić information content (AvgIpc) is 2.47. The maximum atomic E-state index is 5.43. The molecule has 2 rings (SSSR count). The Morgan fingerprint density at radius 1 is 0.750 bits per heavy atom. The normalized spacial score (nSPS) is 10.7. The number of nitrogens with zero attached hydrogens (tertiary/aromatic N) is 2. The summed E-state index contributed by atoms with van der Waals surface area (Å²) in [6, 6.07) is 15.1. The highest BCUT2D eigenvalue weighted by molar-refractivity contribution is 5.46. The van der Waals surface area contributed by atoms with E-state index in [9.17, 15) is 0 Å². The Morgan fingerprint density at radius 2 is 1.20 bits per heavy atom. The largest absolute Gasteiger partial charge is 0.494 e. The molecule has 0 bridgehead atoms. The number of hydrogen-bond donors (Lipinski definition) is 0. The van der Waals surface area contributed by atoms with Gasteiger partial charge in [-0.15, -0.1) is 0 Å². The molecule has 0 saturated carbocycles. The lowest BCUT2D eigenvalue weighted by molar-refractivity contribution is 0.340. The minimum absolute atomic E-state index is 0.636. The maximum Gasteiger partial charge on any atom is 0.121 e. The molecule has 4 heteroatoms. The van der Waals surface area contributed by atoms with E-state index in [4.69, 9.17) is 9.47 Å².